The molecule has 0 radical (unpaired) electrons. The Morgan fingerprint density at radius 3 is 2.67 bits per heavy atom. The maximum absolute atomic E-state index is 13.7. The lowest BCUT2D eigenvalue weighted by Crippen LogP contribution is -2.14. The number of ether oxygens (including phenoxy) is 1. The van der Waals surface area contributed by atoms with Crippen molar-refractivity contribution in [1.29, 1.82) is 0 Å². The van der Waals surface area contributed by atoms with Gasteiger partial charge in [0.1, 0.15) is 18.2 Å². The number of amides is 1. The van der Waals surface area contributed by atoms with Crippen molar-refractivity contribution in [3.63, 3.8) is 0 Å². The fourth-order valence-corrected chi connectivity index (χ4v) is 2.52. The average molecular weight is 414 g/mol. The van der Waals surface area contributed by atoms with Crippen LogP contribution in [0.5, 0.6) is 5.75 Å². The zero-order valence-electron chi connectivity index (χ0n) is 16.6. The van der Waals surface area contributed by atoms with Gasteiger partial charge in [0.2, 0.25) is 11.7 Å². The van der Waals surface area contributed by atoms with Crippen LogP contribution in [0.3, 0.4) is 0 Å². The first kappa shape index (κ1) is 21.0. The van der Waals surface area contributed by atoms with E-state index in [1.54, 1.807) is 25.4 Å². The quantitative estimate of drug-likeness (QED) is 0.603. The molecule has 3 heterocycles. The molecule has 0 spiro atoms. The molecule has 0 aliphatic heterocycles. The summed E-state index contributed by atoms with van der Waals surface area (Å²) < 4.78 is 33.2. The molecule has 10 heteroatoms. The SMILES string of the molecule is CC(=O)Nc1cc(Nc2cc(C)nc(C(C)(F)F)n2)c(OCc2cccnc2)cn1. The Labute approximate surface area is 171 Å². The van der Waals surface area contributed by atoms with Crippen LogP contribution in [0.25, 0.3) is 0 Å². The van der Waals surface area contributed by atoms with Crippen molar-refractivity contribution < 1.29 is 18.3 Å². The van der Waals surface area contributed by atoms with E-state index >= 15 is 0 Å². The molecule has 0 saturated carbocycles. The van der Waals surface area contributed by atoms with E-state index < -0.39 is 11.7 Å². The molecule has 2 N–H and O–H groups in total. The van der Waals surface area contributed by atoms with Gasteiger partial charge in [-0.2, -0.15) is 8.78 Å². The van der Waals surface area contributed by atoms with Crippen molar-refractivity contribution in [2.75, 3.05) is 10.6 Å². The van der Waals surface area contributed by atoms with Gasteiger partial charge in [-0.15, -0.1) is 0 Å². The van der Waals surface area contributed by atoms with Crippen molar-refractivity contribution in [1.82, 2.24) is 19.9 Å². The normalized spacial score (nSPS) is 11.1. The van der Waals surface area contributed by atoms with Crippen LogP contribution in [-0.4, -0.2) is 25.8 Å². The smallest absolute Gasteiger partial charge is 0.303 e. The van der Waals surface area contributed by atoms with E-state index in [4.69, 9.17) is 4.74 Å². The lowest BCUT2D eigenvalue weighted by atomic mass is 10.3. The zero-order chi connectivity index (χ0) is 21.7. The number of alkyl halides is 2. The number of aromatic nitrogens is 4. The highest BCUT2D eigenvalue weighted by Crippen LogP contribution is 2.31. The number of pyridine rings is 2. The molecule has 8 nitrogen and oxygen atoms in total. The second-order valence-corrected chi connectivity index (χ2v) is 6.63. The molecule has 3 aromatic rings. The van der Waals surface area contributed by atoms with E-state index in [0.29, 0.717) is 17.1 Å². The number of rotatable bonds is 7. The van der Waals surface area contributed by atoms with Crippen LogP contribution in [0.1, 0.15) is 30.9 Å². The van der Waals surface area contributed by atoms with Gasteiger partial charge >= 0.3 is 5.92 Å². The minimum absolute atomic E-state index is 0.158. The second kappa shape index (κ2) is 8.76. The topological polar surface area (TPSA) is 102 Å². The van der Waals surface area contributed by atoms with Gasteiger partial charge in [0.15, 0.2) is 5.75 Å². The van der Waals surface area contributed by atoms with Crippen LogP contribution in [0.2, 0.25) is 0 Å². The Balaban J connectivity index is 1.92. The van der Waals surface area contributed by atoms with E-state index in [1.165, 1.54) is 25.3 Å². The van der Waals surface area contributed by atoms with E-state index in [2.05, 4.69) is 30.6 Å². The molecule has 0 fully saturated rings. The average Bonchev–Trinajstić information content (AvgIpc) is 2.66. The molecule has 0 aliphatic carbocycles. The summed E-state index contributed by atoms with van der Waals surface area (Å²) in [4.78, 5) is 27.2. The number of hydrogen-bond acceptors (Lipinski definition) is 7. The summed E-state index contributed by atoms with van der Waals surface area (Å²) in [5, 5.41) is 5.53. The second-order valence-electron chi connectivity index (χ2n) is 6.63. The van der Waals surface area contributed by atoms with Crippen LogP contribution >= 0.6 is 0 Å². The number of nitrogens with one attached hydrogen (secondary N) is 2. The Morgan fingerprint density at radius 1 is 1.20 bits per heavy atom. The van der Waals surface area contributed by atoms with Crippen LogP contribution in [0.15, 0.2) is 42.9 Å². The number of anilines is 3. The number of carbonyl (C=O) groups excluding carboxylic acids is 1. The minimum Gasteiger partial charge on any atom is -0.485 e. The summed E-state index contributed by atoms with van der Waals surface area (Å²) in [7, 11) is 0. The largest absolute Gasteiger partial charge is 0.485 e. The Hall–Kier alpha value is -3.69. The summed E-state index contributed by atoms with van der Waals surface area (Å²) in [6, 6.07) is 6.69. The van der Waals surface area contributed by atoms with Crippen LogP contribution in [-0.2, 0) is 17.3 Å². The van der Waals surface area contributed by atoms with E-state index in [9.17, 15) is 13.6 Å². The summed E-state index contributed by atoms with van der Waals surface area (Å²) in [6.45, 7) is 3.89. The first-order chi connectivity index (χ1) is 14.2. The number of nitrogens with zero attached hydrogens (tertiary/aromatic N) is 4. The monoisotopic (exact) mass is 414 g/mol. The summed E-state index contributed by atoms with van der Waals surface area (Å²) in [5.74, 6) is -3.33. The fraction of sp³-hybridized carbons (Fsp3) is 0.250. The lowest BCUT2D eigenvalue weighted by molar-refractivity contribution is -0.114. The highest BCUT2D eigenvalue weighted by molar-refractivity contribution is 5.88. The maximum atomic E-state index is 13.7. The molecule has 3 aromatic heterocycles. The number of hydrogen-bond donors (Lipinski definition) is 2. The number of halogens is 2. The molecular formula is C20H20F2N6O2. The molecule has 0 saturated heterocycles. The fourth-order valence-electron chi connectivity index (χ4n) is 2.52. The van der Waals surface area contributed by atoms with Crippen molar-refractivity contribution in [3.05, 3.63) is 59.9 Å². The van der Waals surface area contributed by atoms with Gasteiger partial charge < -0.3 is 15.4 Å². The van der Waals surface area contributed by atoms with Gasteiger partial charge in [-0.25, -0.2) is 15.0 Å². The molecule has 156 valence electrons. The standard InChI is InChI=1S/C20H20F2N6O2/c1-12-7-18(28-19(25-12)20(3,21)22)27-15-8-17(26-13(2)29)24-10-16(15)30-11-14-5-4-6-23-9-14/h4-10H,11H2,1-3H3,(H2,24,25,26,27,28,29). The van der Waals surface area contributed by atoms with Gasteiger partial charge in [-0.05, 0) is 13.0 Å². The Bertz CT molecular complexity index is 1040. The van der Waals surface area contributed by atoms with Crippen LogP contribution in [0, 0.1) is 6.92 Å². The molecule has 1 amide bonds. The number of aryl methyl sites for hydroxylation is 1. The Morgan fingerprint density at radius 2 is 2.00 bits per heavy atom. The Kier molecular flexibility index (Phi) is 6.14. The molecule has 3 rings (SSSR count). The zero-order valence-corrected chi connectivity index (χ0v) is 16.6. The third-order valence-electron chi connectivity index (χ3n) is 3.80. The van der Waals surface area contributed by atoms with Crippen molar-refractivity contribution in [2.24, 2.45) is 0 Å². The highest BCUT2D eigenvalue weighted by atomic mass is 19.3. The number of carbonyl (C=O) groups is 1. The van der Waals surface area contributed by atoms with Crippen molar-refractivity contribution in [2.45, 2.75) is 33.3 Å². The van der Waals surface area contributed by atoms with Crippen LogP contribution in [0.4, 0.5) is 26.1 Å². The van der Waals surface area contributed by atoms with Crippen molar-refractivity contribution >= 4 is 23.2 Å². The summed E-state index contributed by atoms with van der Waals surface area (Å²) in [5.41, 5.74) is 1.60. The first-order valence-corrected chi connectivity index (χ1v) is 9.01. The molecule has 30 heavy (non-hydrogen) atoms. The highest BCUT2D eigenvalue weighted by Gasteiger charge is 2.29. The summed E-state index contributed by atoms with van der Waals surface area (Å²) >= 11 is 0. The molecule has 0 aromatic carbocycles. The third kappa shape index (κ3) is 5.66. The van der Waals surface area contributed by atoms with Gasteiger partial charge in [-0.3, -0.25) is 9.78 Å². The third-order valence-corrected chi connectivity index (χ3v) is 3.80. The van der Waals surface area contributed by atoms with Crippen molar-refractivity contribution in [3.8, 4) is 5.75 Å². The van der Waals surface area contributed by atoms with Crippen LogP contribution < -0.4 is 15.4 Å². The lowest BCUT2D eigenvalue weighted by Gasteiger charge is -2.16. The first-order valence-electron chi connectivity index (χ1n) is 9.01. The van der Waals surface area contributed by atoms with Gasteiger partial charge in [0, 0.05) is 49.6 Å². The molecule has 0 unspecified atom stereocenters. The molecule has 0 bridgehead atoms. The minimum atomic E-state index is -3.19. The van der Waals surface area contributed by atoms with Gasteiger partial charge in [-0.1, -0.05) is 6.07 Å². The summed E-state index contributed by atoms with van der Waals surface area (Å²) in [6.07, 6.45) is 4.74. The predicted octanol–water partition coefficient (Wildman–Crippen LogP) is 3.97. The van der Waals surface area contributed by atoms with Gasteiger partial charge in [0.25, 0.3) is 0 Å². The van der Waals surface area contributed by atoms with E-state index in [1.807, 2.05) is 6.07 Å². The van der Waals surface area contributed by atoms with E-state index in [0.717, 1.165) is 12.5 Å². The predicted molar refractivity (Wildman–Crippen MR) is 107 cm³/mol. The van der Waals surface area contributed by atoms with Gasteiger partial charge in [0.05, 0.1) is 11.9 Å². The maximum Gasteiger partial charge on any atom is 0.303 e. The van der Waals surface area contributed by atoms with E-state index in [-0.39, 0.29) is 24.1 Å². The molecular weight excluding hydrogens is 394 g/mol. The molecule has 0 aliphatic rings. The molecule has 0 atom stereocenters.